The SMILES string of the molecule is COC1(C(Cc2c(Br)c(C)nn2C)NN)CCCCC1. The van der Waals surface area contributed by atoms with Gasteiger partial charge in [-0.25, -0.2) is 0 Å². The number of hydrazine groups is 1. The van der Waals surface area contributed by atoms with Crippen molar-refractivity contribution in [1.29, 1.82) is 0 Å². The summed E-state index contributed by atoms with van der Waals surface area (Å²) in [6.07, 6.45) is 6.63. The molecule has 0 spiro atoms. The summed E-state index contributed by atoms with van der Waals surface area (Å²) in [6.45, 7) is 2.01. The predicted octanol–water partition coefficient (Wildman–Crippen LogP) is 2.21. The first-order valence-corrected chi connectivity index (χ1v) is 8.02. The van der Waals surface area contributed by atoms with E-state index in [2.05, 4.69) is 26.5 Å². The maximum Gasteiger partial charge on any atom is 0.0848 e. The number of nitrogens with two attached hydrogens (primary N) is 1. The zero-order valence-corrected chi connectivity index (χ0v) is 14.2. The Morgan fingerprint density at radius 1 is 1.45 bits per heavy atom. The second-order valence-corrected chi connectivity index (χ2v) is 6.52. The number of hydrogen-bond donors (Lipinski definition) is 2. The smallest absolute Gasteiger partial charge is 0.0848 e. The van der Waals surface area contributed by atoms with Crippen LogP contribution in [-0.2, 0) is 18.2 Å². The van der Waals surface area contributed by atoms with Gasteiger partial charge in [0.05, 0.1) is 27.5 Å². The zero-order valence-electron chi connectivity index (χ0n) is 12.6. The van der Waals surface area contributed by atoms with Crippen molar-refractivity contribution in [2.24, 2.45) is 12.9 Å². The van der Waals surface area contributed by atoms with Crippen molar-refractivity contribution in [2.45, 2.75) is 57.1 Å². The summed E-state index contributed by atoms with van der Waals surface area (Å²) in [4.78, 5) is 0. The lowest BCUT2D eigenvalue weighted by molar-refractivity contribution is -0.0677. The van der Waals surface area contributed by atoms with Crippen LogP contribution >= 0.6 is 15.9 Å². The first-order valence-electron chi connectivity index (χ1n) is 7.23. The Bertz CT molecular complexity index is 454. The second-order valence-electron chi connectivity index (χ2n) is 5.72. The molecule has 6 heteroatoms. The van der Waals surface area contributed by atoms with Crippen LogP contribution in [0, 0.1) is 6.92 Å². The minimum absolute atomic E-state index is 0.0962. The van der Waals surface area contributed by atoms with Crippen LogP contribution in [0.15, 0.2) is 4.47 Å². The molecule has 20 heavy (non-hydrogen) atoms. The maximum absolute atomic E-state index is 5.90. The summed E-state index contributed by atoms with van der Waals surface area (Å²) in [5.41, 5.74) is 4.99. The van der Waals surface area contributed by atoms with Crippen molar-refractivity contribution in [1.82, 2.24) is 15.2 Å². The van der Waals surface area contributed by atoms with E-state index in [9.17, 15) is 0 Å². The average molecular weight is 345 g/mol. The minimum atomic E-state index is -0.162. The lowest BCUT2D eigenvalue weighted by Gasteiger charge is -2.42. The first-order chi connectivity index (χ1) is 9.54. The van der Waals surface area contributed by atoms with Crippen LogP contribution in [-0.4, -0.2) is 28.5 Å². The van der Waals surface area contributed by atoms with E-state index in [0.717, 1.165) is 35.1 Å². The van der Waals surface area contributed by atoms with Crippen molar-refractivity contribution in [3.8, 4) is 0 Å². The number of aromatic nitrogens is 2. The van der Waals surface area contributed by atoms with Crippen LogP contribution in [0.3, 0.4) is 0 Å². The van der Waals surface area contributed by atoms with Gasteiger partial charge < -0.3 is 4.74 Å². The van der Waals surface area contributed by atoms with Gasteiger partial charge in [-0.2, -0.15) is 5.10 Å². The highest BCUT2D eigenvalue weighted by atomic mass is 79.9. The fourth-order valence-corrected chi connectivity index (χ4v) is 3.83. The van der Waals surface area contributed by atoms with Crippen molar-refractivity contribution < 1.29 is 4.74 Å². The molecule has 1 saturated carbocycles. The average Bonchev–Trinajstić information content (AvgIpc) is 2.71. The Morgan fingerprint density at radius 3 is 2.55 bits per heavy atom. The molecule has 1 aromatic rings. The van der Waals surface area contributed by atoms with Crippen molar-refractivity contribution in [3.05, 3.63) is 15.9 Å². The molecule has 1 aromatic heterocycles. The van der Waals surface area contributed by atoms with Crippen molar-refractivity contribution in [2.75, 3.05) is 7.11 Å². The third-order valence-electron chi connectivity index (χ3n) is 4.60. The summed E-state index contributed by atoms with van der Waals surface area (Å²) in [5.74, 6) is 5.84. The van der Waals surface area contributed by atoms with Crippen LogP contribution in [0.25, 0.3) is 0 Å². The molecule has 1 aliphatic carbocycles. The van der Waals surface area contributed by atoms with E-state index in [4.69, 9.17) is 10.6 Å². The quantitative estimate of drug-likeness (QED) is 0.634. The standard InChI is InChI=1S/C14H25BrN4O/c1-10-13(15)11(19(2)18-10)9-12(17-16)14(20-3)7-5-4-6-8-14/h12,17H,4-9,16H2,1-3H3. The van der Waals surface area contributed by atoms with Gasteiger partial charge in [0.15, 0.2) is 0 Å². The van der Waals surface area contributed by atoms with Gasteiger partial charge >= 0.3 is 0 Å². The van der Waals surface area contributed by atoms with Gasteiger partial charge in [0, 0.05) is 20.6 Å². The molecule has 5 nitrogen and oxygen atoms in total. The molecule has 114 valence electrons. The molecule has 1 heterocycles. The molecule has 0 aliphatic heterocycles. The summed E-state index contributed by atoms with van der Waals surface area (Å²) >= 11 is 3.63. The summed E-state index contributed by atoms with van der Waals surface area (Å²) < 4.78 is 8.90. The van der Waals surface area contributed by atoms with E-state index >= 15 is 0 Å². The lowest BCUT2D eigenvalue weighted by atomic mass is 9.78. The number of nitrogens with zero attached hydrogens (tertiary/aromatic N) is 2. The van der Waals surface area contributed by atoms with Gasteiger partial charge in [-0.1, -0.05) is 19.3 Å². The topological polar surface area (TPSA) is 65.1 Å². The van der Waals surface area contributed by atoms with Gasteiger partial charge in [0.1, 0.15) is 0 Å². The second kappa shape index (κ2) is 6.56. The molecule has 0 saturated heterocycles. The highest BCUT2D eigenvalue weighted by molar-refractivity contribution is 9.10. The molecule has 0 radical (unpaired) electrons. The summed E-state index contributed by atoms with van der Waals surface area (Å²) in [6, 6.07) is 0.0962. The van der Waals surface area contributed by atoms with Crippen molar-refractivity contribution >= 4 is 15.9 Å². The fraction of sp³-hybridized carbons (Fsp3) is 0.786. The van der Waals surface area contributed by atoms with E-state index in [1.807, 2.05) is 18.7 Å². The normalized spacial score (nSPS) is 20.1. The molecule has 3 N–H and O–H groups in total. The van der Waals surface area contributed by atoms with E-state index in [1.54, 1.807) is 7.11 Å². The fourth-order valence-electron chi connectivity index (χ4n) is 3.34. The number of methoxy groups -OCH3 is 1. The molecule has 1 fully saturated rings. The van der Waals surface area contributed by atoms with Crippen LogP contribution in [0.1, 0.15) is 43.5 Å². The molecule has 2 rings (SSSR count). The minimum Gasteiger partial charge on any atom is -0.377 e. The number of nitrogens with one attached hydrogen (secondary N) is 1. The van der Waals surface area contributed by atoms with Crippen LogP contribution in [0.2, 0.25) is 0 Å². The van der Waals surface area contributed by atoms with Gasteiger partial charge in [-0.05, 0) is 35.7 Å². The molecular weight excluding hydrogens is 320 g/mol. The third-order valence-corrected chi connectivity index (χ3v) is 5.63. The van der Waals surface area contributed by atoms with Gasteiger partial charge in [0.25, 0.3) is 0 Å². The predicted molar refractivity (Wildman–Crippen MR) is 83.3 cm³/mol. The molecular formula is C14H25BrN4O. The molecule has 0 aromatic carbocycles. The van der Waals surface area contributed by atoms with Crippen molar-refractivity contribution in [3.63, 3.8) is 0 Å². The Hall–Kier alpha value is -0.430. The third kappa shape index (κ3) is 2.93. The lowest BCUT2D eigenvalue weighted by Crippen LogP contribution is -2.56. The van der Waals surface area contributed by atoms with E-state index in [1.165, 1.54) is 19.3 Å². The molecule has 1 unspecified atom stereocenters. The molecule has 0 bridgehead atoms. The van der Waals surface area contributed by atoms with Gasteiger partial charge in [0.2, 0.25) is 0 Å². The number of aryl methyl sites for hydroxylation is 2. The van der Waals surface area contributed by atoms with E-state index in [0.29, 0.717) is 0 Å². The van der Waals surface area contributed by atoms with Crippen LogP contribution in [0.4, 0.5) is 0 Å². The Labute approximate surface area is 129 Å². The van der Waals surface area contributed by atoms with Gasteiger partial charge in [-0.3, -0.25) is 16.0 Å². The zero-order chi connectivity index (χ0) is 14.8. The highest BCUT2D eigenvalue weighted by Gasteiger charge is 2.40. The monoisotopic (exact) mass is 344 g/mol. The van der Waals surface area contributed by atoms with Gasteiger partial charge in [-0.15, -0.1) is 0 Å². The largest absolute Gasteiger partial charge is 0.377 e. The Morgan fingerprint density at radius 2 is 2.10 bits per heavy atom. The molecule has 1 atom stereocenters. The van der Waals surface area contributed by atoms with E-state index < -0.39 is 0 Å². The number of halogens is 1. The number of ether oxygens (including phenoxy) is 1. The maximum atomic E-state index is 5.90. The summed E-state index contributed by atoms with van der Waals surface area (Å²) in [7, 11) is 3.78. The van der Waals surface area contributed by atoms with Crippen LogP contribution in [0.5, 0.6) is 0 Å². The Kier molecular flexibility index (Phi) is 5.23. The summed E-state index contributed by atoms with van der Waals surface area (Å²) in [5, 5.41) is 4.45. The van der Waals surface area contributed by atoms with Crippen LogP contribution < -0.4 is 11.3 Å². The van der Waals surface area contributed by atoms with E-state index in [-0.39, 0.29) is 11.6 Å². The highest BCUT2D eigenvalue weighted by Crippen LogP contribution is 2.36. The molecule has 0 amide bonds. The molecule has 1 aliphatic rings. The Balaban J connectivity index is 2.23. The number of rotatable bonds is 5. The first kappa shape index (κ1) is 15.9. The number of hydrogen-bond acceptors (Lipinski definition) is 4.